The molecule has 0 aliphatic carbocycles. The zero-order valence-electron chi connectivity index (χ0n) is 11.4. The molecule has 2 heterocycles. The van der Waals surface area contributed by atoms with E-state index in [4.69, 9.17) is 9.26 Å². The Kier molecular flexibility index (Phi) is 3.73. The van der Waals surface area contributed by atoms with Gasteiger partial charge in [-0.1, -0.05) is 5.16 Å². The van der Waals surface area contributed by atoms with Crippen LogP contribution in [0.5, 0.6) is 5.75 Å². The molecule has 0 N–H and O–H groups in total. The predicted octanol–water partition coefficient (Wildman–Crippen LogP) is 2.94. The Labute approximate surface area is 123 Å². The molecule has 3 aromatic rings. The summed E-state index contributed by atoms with van der Waals surface area (Å²) in [5.41, 5.74) is 0.442. The van der Waals surface area contributed by atoms with Crippen LogP contribution in [-0.4, -0.2) is 20.3 Å². The summed E-state index contributed by atoms with van der Waals surface area (Å²) in [6.45, 7) is 1.61. The quantitative estimate of drug-likeness (QED) is 0.737. The third-order valence-electron chi connectivity index (χ3n) is 2.79. The van der Waals surface area contributed by atoms with Crippen LogP contribution in [0.15, 0.2) is 41.1 Å². The molecule has 6 nitrogen and oxygen atoms in total. The Bertz CT molecular complexity index is 780. The van der Waals surface area contributed by atoms with Gasteiger partial charge in [0, 0.05) is 12.3 Å². The summed E-state index contributed by atoms with van der Waals surface area (Å²) in [5.74, 6) is -1.20. The second-order valence-electron chi connectivity index (χ2n) is 4.40. The van der Waals surface area contributed by atoms with Crippen molar-refractivity contribution < 1.29 is 18.0 Å². The van der Waals surface area contributed by atoms with Gasteiger partial charge in [0.2, 0.25) is 5.82 Å². The standard InChI is InChI=1S/C14H10F2N4O2/c1-8(21-12-5-4-9(15)7-10(12)16)14-18-13(20-22-14)11-3-2-6-17-19-11/h2-8H,1H3/t8-/m0/s1. The van der Waals surface area contributed by atoms with Crippen molar-refractivity contribution in [1.82, 2.24) is 20.3 Å². The number of aromatic nitrogens is 4. The van der Waals surface area contributed by atoms with Gasteiger partial charge in [-0.3, -0.25) is 0 Å². The minimum Gasteiger partial charge on any atom is -0.478 e. The van der Waals surface area contributed by atoms with Crippen molar-refractivity contribution in [3.63, 3.8) is 0 Å². The van der Waals surface area contributed by atoms with Crippen LogP contribution in [0.2, 0.25) is 0 Å². The summed E-state index contributed by atoms with van der Waals surface area (Å²) in [6.07, 6.45) is 0.811. The molecule has 0 spiro atoms. The molecule has 112 valence electrons. The van der Waals surface area contributed by atoms with Gasteiger partial charge in [-0.05, 0) is 31.2 Å². The van der Waals surface area contributed by atoms with E-state index in [2.05, 4.69) is 20.3 Å². The number of benzene rings is 1. The molecule has 0 bridgehead atoms. The Morgan fingerprint density at radius 2 is 2.09 bits per heavy atom. The molecule has 0 saturated carbocycles. The van der Waals surface area contributed by atoms with Crippen molar-refractivity contribution in [3.8, 4) is 17.3 Å². The number of nitrogens with zero attached hydrogens (tertiary/aromatic N) is 4. The van der Waals surface area contributed by atoms with Crippen molar-refractivity contribution in [3.05, 3.63) is 54.1 Å². The molecule has 0 amide bonds. The van der Waals surface area contributed by atoms with E-state index >= 15 is 0 Å². The third kappa shape index (κ3) is 2.90. The Morgan fingerprint density at radius 1 is 1.23 bits per heavy atom. The van der Waals surface area contributed by atoms with Gasteiger partial charge in [0.25, 0.3) is 5.89 Å². The van der Waals surface area contributed by atoms with E-state index in [1.165, 1.54) is 12.3 Å². The monoisotopic (exact) mass is 304 g/mol. The van der Waals surface area contributed by atoms with Crippen LogP contribution < -0.4 is 4.74 Å². The predicted molar refractivity (Wildman–Crippen MR) is 70.7 cm³/mol. The van der Waals surface area contributed by atoms with Crippen LogP contribution in [0, 0.1) is 11.6 Å². The first-order valence-corrected chi connectivity index (χ1v) is 6.37. The highest BCUT2D eigenvalue weighted by Gasteiger charge is 2.19. The molecule has 2 aromatic heterocycles. The van der Waals surface area contributed by atoms with Crippen molar-refractivity contribution in [2.45, 2.75) is 13.0 Å². The first kappa shape index (κ1) is 14.1. The molecule has 8 heteroatoms. The van der Waals surface area contributed by atoms with Gasteiger partial charge in [0.15, 0.2) is 17.7 Å². The van der Waals surface area contributed by atoms with Gasteiger partial charge in [-0.2, -0.15) is 10.1 Å². The first-order valence-electron chi connectivity index (χ1n) is 6.37. The first-order chi connectivity index (χ1) is 10.6. The van der Waals surface area contributed by atoms with E-state index in [9.17, 15) is 8.78 Å². The van der Waals surface area contributed by atoms with E-state index in [1.807, 2.05) is 0 Å². The van der Waals surface area contributed by atoms with E-state index in [0.717, 1.165) is 12.1 Å². The lowest BCUT2D eigenvalue weighted by Gasteiger charge is -2.11. The normalized spacial score (nSPS) is 12.1. The zero-order chi connectivity index (χ0) is 15.5. The zero-order valence-corrected chi connectivity index (χ0v) is 11.4. The molecule has 0 radical (unpaired) electrons. The van der Waals surface area contributed by atoms with Gasteiger partial charge in [-0.25, -0.2) is 8.78 Å². The smallest absolute Gasteiger partial charge is 0.267 e. The van der Waals surface area contributed by atoms with Crippen LogP contribution in [0.3, 0.4) is 0 Å². The van der Waals surface area contributed by atoms with Crippen LogP contribution in [0.1, 0.15) is 18.9 Å². The summed E-state index contributed by atoms with van der Waals surface area (Å²) in [6, 6.07) is 6.39. The van der Waals surface area contributed by atoms with Crippen molar-refractivity contribution in [1.29, 1.82) is 0 Å². The second-order valence-corrected chi connectivity index (χ2v) is 4.40. The molecule has 1 aromatic carbocycles. The highest BCUT2D eigenvalue weighted by Crippen LogP contribution is 2.25. The van der Waals surface area contributed by atoms with Crippen LogP contribution in [0.4, 0.5) is 8.78 Å². The van der Waals surface area contributed by atoms with Crippen LogP contribution in [-0.2, 0) is 0 Å². The molecule has 0 aliphatic heterocycles. The molecule has 0 fully saturated rings. The highest BCUT2D eigenvalue weighted by atomic mass is 19.1. The summed E-state index contributed by atoms with van der Waals surface area (Å²) in [7, 11) is 0. The number of hydrogen-bond acceptors (Lipinski definition) is 6. The molecule has 0 aliphatic rings. The van der Waals surface area contributed by atoms with Gasteiger partial charge in [0.1, 0.15) is 11.5 Å². The van der Waals surface area contributed by atoms with Gasteiger partial charge >= 0.3 is 0 Å². The fourth-order valence-corrected chi connectivity index (χ4v) is 1.74. The average Bonchev–Trinajstić information content (AvgIpc) is 3.01. The van der Waals surface area contributed by atoms with E-state index in [-0.39, 0.29) is 17.5 Å². The summed E-state index contributed by atoms with van der Waals surface area (Å²) >= 11 is 0. The van der Waals surface area contributed by atoms with Crippen molar-refractivity contribution >= 4 is 0 Å². The minimum absolute atomic E-state index is 0.104. The van der Waals surface area contributed by atoms with Crippen molar-refractivity contribution in [2.75, 3.05) is 0 Å². The number of hydrogen-bond donors (Lipinski definition) is 0. The molecular formula is C14H10F2N4O2. The number of rotatable bonds is 4. The largest absolute Gasteiger partial charge is 0.478 e. The summed E-state index contributed by atoms with van der Waals surface area (Å²) < 4.78 is 36.8. The Morgan fingerprint density at radius 3 is 2.82 bits per heavy atom. The summed E-state index contributed by atoms with van der Waals surface area (Å²) in [4.78, 5) is 4.12. The van der Waals surface area contributed by atoms with Crippen molar-refractivity contribution in [2.24, 2.45) is 0 Å². The lowest BCUT2D eigenvalue weighted by Crippen LogP contribution is -2.05. The highest BCUT2D eigenvalue weighted by molar-refractivity contribution is 5.46. The third-order valence-corrected chi connectivity index (χ3v) is 2.79. The molecule has 0 saturated heterocycles. The van der Waals surface area contributed by atoms with Gasteiger partial charge < -0.3 is 9.26 Å². The Hall–Kier alpha value is -2.90. The van der Waals surface area contributed by atoms with Gasteiger partial charge in [0.05, 0.1) is 0 Å². The van der Waals surface area contributed by atoms with Crippen LogP contribution >= 0.6 is 0 Å². The maximum Gasteiger partial charge on any atom is 0.267 e. The van der Waals surface area contributed by atoms with E-state index in [0.29, 0.717) is 5.69 Å². The van der Waals surface area contributed by atoms with Crippen LogP contribution in [0.25, 0.3) is 11.5 Å². The Balaban J connectivity index is 1.78. The fourth-order valence-electron chi connectivity index (χ4n) is 1.74. The SMILES string of the molecule is C[C@H](Oc1ccc(F)cc1F)c1nc(-c2cccnn2)no1. The molecule has 3 rings (SSSR count). The van der Waals surface area contributed by atoms with Gasteiger partial charge in [-0.15, -0.1) is 5.10 Å². The molecule has 0 unspecified atom stereocenters. The van der Waals surface area contributed by atoms with E-state index in [1.54, 1.807) is 19.1 Å². The minimum atomic E-state index is -0.805. The lowest BCUT2D eigenvalue weighted by molar-refractivity contribution is 0.169. The second kappa shape index (κ2) is 5.84. The average molecular weight is 304 g/mol. The number of ether oxygens (including phenoxy) is 1. The molecule has 1 atom stereocenters. The van der Waals surface area contributed by atoms with E-state index < -0.39 is 17.7 Å². The molecule has 22 heavy (non-hydrogen) atoms. The number of halogens is 2. The maximum atomic E-state index is 13.5. The lowest BCUT2D eigenvalue weighted by atomic mass is 10.3. The topological polar surface area (TPSA) is 73.9 Å². The maximum absolute atomic E-state index is 13.5. The summed E-state index contributed by atoms with van der Waals surface area (Å²) in [5, 5.41) is 11.3. The fraction of sp³-hybridized carbons (Fsp3) is 0.143. The molecular weight excluding hydrogens is 294 g/mol.